The van der Waals surface area contributed by atoms with Gasteiger partial charge in [-0.25, -0.2) is 4.68 Å². The number of carbonyl (C=O) groups excluding carboxylic acids is 3. The van der Waals surface area contributed by atoms with E-state index in [-0.39, 0.29) is 36.9 Å². The van der Waals surface area contributed by atoms with Gasteiger partial charge in [0.25, 0.3) is 0 Å². The summed E-state index contributed by atoms with van der Waals surface area (Å²) in [5.74, 6) is -2.40. The van der Waals surface area contributed by atoms with Crippen LogP contribution < -0.4 is 10.6 Å². The van der Waals surface area contributed by atoms with E-state index in [4.69, 9.17) is 4.74 Å². The first-order valence-electron chi connectivity index (χ1n) is 14.2. The van der Waals surface area contributed by atoms with Crippen molar-refractivity contribution in [1.82, 2.24) is 30.5 Å². The zero-order valence-corrected chi connectivity index (χ0v) is 23.2. The molecule has 11 nitrogen and oxygen atoms in total. The summed E-state index contributed by atoms with van der Waals surface area (Å²) >= 11 is 0. The first-order valence-corrected chi connectivity index (χ1v) is 14.2. The van der Waals surface area contributed by atoms with Gasteiger partial charge in [0.15, 0.2) is 0 Å². The number of aliphatic hydroxyl groups excluding tert-OH is 1. The van der Waals surface area contributed by atoms with Crippen LogP contribution in [0, 0.1) is 17.8 Å². The van der Waals surface area contributed by atoms with Crippen molar-refractivity contribution in [1.29, 1.82) is 0 Å². The Kier molecular flexibility index (Phi) is 7.41. The fourth-order valence-electron chi connectivity index (χ4n) is 7.17. The van der Waals surface area contributed by atoms with Gasteiger partial charge >= 0.3 is 0 Å². The highest BCUT2D eigenvalue weighted by molar-refractivity contribution is 5.99. The molecule has 3 aliphatic rings. The summed E-state index contributed by atoms with van der Waals surface area (Å²) in [6.07, 6.45) is 3.14. The summed E-state index contributed by atoms with van der Waals surface area (Å²) in [4.78, 5) is 43.5. The minimum absolute atomic E-state index is 0.0606. The Hall–Kier alpha value is -3.05. The van der Waals surface area contributed by atoms with Crippen molar-refractivity contribution in [2.24, 2.45) is 17.8 Å². The molecule has 3 N–H and O–H groups in total. The average Bonchev–Trinajstić information content (AvgIpc) is 3.68. The van der Waals surface area contributed by atoms with Crippen LogP contribution in [0.1, 0.15) is 59.8 Å². The maximum Gasteiger partial charge on any atom is 0.247 e. The lowest BCUT2D eigenvalue weighted by Gasteiger charge is -2.39. The number of amides is 3. The minimum atomic E-state index is -1.14. The number of likely N-dealkylation sites (tertiary alicyclic amines) is 1. The summed E-state index contributed by atoms with van der Waals surface area (Å²) in [5, 5.41) is 24.7. The average molecular weight is 541 g/mol. The number of ether oxygens (including phenoxy) is 1. The van der Waals surface area contributed by atoms with Crippen LogP contribution in [0.4, 0.5) is 0 Å². The van der Waals surface area contributed by atoms with Crippen LogP contribution in [-0.4, -0.2) is 79.2 Å². The summed E-state index contributed by atoms with van der Waals surface area (Å²) < 4.78 is 8.38. The van der Waals surface area contributed by atoms with Crippen molar-refractivity contribution in [3.05, 3.63) is 24.3 Å². The topological polar surface area (TPSA) is 139 Å². The largest absolute Gasteiger partial charge is 0.394 e. The first-order chi connectivity index (χ1) is 18.8. The van der Waals surface area contributed by atoms with Crippen molar-refractivity contribution >= 4 is 28.8 Å². The van der Waals surface area contributed by atoms with Crippen molar-refractivity contribution in [3.8, 4) is 0 Å². The molecule has 5 rings (SSSR count). The monoisotopic (exact) mass is 540 g/mol. The van der Waals surface area contributed by atoms with Gasteiger partial charge < -0.3 is 25.4 Å². The number of fused-ring (bicyclic) bond motifs is 2. The van der Waals surface area contributed by atoms with Gasteiger partial charge in [-0.1, -0.05) is 51.5 Å². The van der Waals surface area contributed by atoms with E-state index in [0.29, 0.717) is 37.7 Å². The Morgan fingerprint density at radius 2 is 1.95 bits per heavy atom. The van der Waals surface area contributed by atoms with Crippen molar-refractivity contribution in [3.63, 3.8) is 0 Å². The summed E-state index contributed by atoms with van der Waals surface area (Å²) in [7, 11) is 0. The number of hydrogen-bond acceptors (Lipinski definition) is 7. The zero-order valence-electron chi connectivity index (χ0n) is 23.2. The van der Waals surface area contributed by atoms with Crippen LogP contribution in [-0.2, 0) is 25.8 Å². The van der Waals surface area contributed by atoms with Gasteiger partial charge in [-0.05, 0) is 43.7 Å². The summed E-state index contributed by atoms with van der Waals surface area (Å²) in [6.45, 7) is 8.20. The van der Waals surface area contributed by atoms with E-state index in [1.807, 2.05) is 52.0 Å². The highest BCUT2D eigenvalue weighted by Gasteiger charge is 2.79. The Bertz CT molecular complexity index is 1250. The Morgan fingerprint density at radius 1 is 1.18 bits per heavy atom. The molecule has 3 saturated heterocycles. The first kappa shape index (κ1) is 27.5. The Morgan fingerprint density at radius 3 is 2.64 bits per heavy atom. The number of benzene rings is 1. The molecule has 0 aliphatic carbocycles. The highest BCUT2D eigenvalue weighted by Crippen LogP contribution is 2.64. The normalized spacial score (nSPS) is 30.9. The van der Waals surface area contributed by atoms with E-state index < -0.39 is 35.1 Å². The number of para-hydroxylation sites is 1. The van der Waals surface area contributed by atoms with Crippen LogP contribution >= 0.6 is 0 Å². The lowest BCUT2D eigenvalue weighted by atomic mass is 9.65. The third kappa shape index (κ3) is 4.12. The number of nitrogens with one attached hydrogen (secondary N) is 2. The van der Waals surface area contributed by atoms with E-state index in [0.717, 1.165) is 11.9 Å². The Labute approximate surface area is 228 Å². The molecule has 2 unspecified atom stereocenters. The molecule has 0 radical (unpaired) electrons. The molecule has 212 valence electrons. The summed E-state index contributed by atoms with van der Waals surface area (Å²) in [6, 6.07) is 5.91. The Balaban J connectivity index is 1.52. The smallest absolute Gasteiger partial charge is 0.247 e. The maximum atomic E-state index is 14.3. The van der Waals surface area contributed by atoms with Gasteiger partial charge in [0.1, 0.15) is 23.8 Å². The predicted molar refractivity (Wildman–Crippen MR) is 143 cm³/mol. The molecule has 39 heavy (non-hydrogen) atoms. The summed E-state index contributed by atoms with van der Waals surface area (Å²) in [5.41, 5.74) is -0.451. The molecule has 1 spiro atoms. The molecule has 3 fully saturated rings. The molecule has 2 aromatic rings. The molecule has 0 saturated carbocycles. The van der Waals surface area contributed by atoms with E-state index in [1.165, 1.54) is 0 Å². The van der Waals surface area contributed by atoms with Crippen LogP contribution in [0.3, 0.4) is 0 Å². The second kappa shape index (κ2) is 10.5. The molecule has 3 aliphatic heterocycles. The van der Waals surface area contributed by atoms with E-state index in [2.05, 4.69) is 20.9 Å². The van der Waals surface area contributed by atoms with Crippen LogP contribution in [0.15, 0.2) is 24.3 Å². The number of rotatable bonds is 11. The molecule has 3 amide bonds. The van der Waals surface area contributed by atoms with Crippen LogP contribution in [0.25, 0.3) is 11.0 Å². The zero-order chi connectivity index (χ0) is 27.9. The van der Waals surface area contributed by atoms with Gasteiger partial charge in [0, 0.05) is 6.54 Å². The number of nitrogens with zero attached hydrogens (tertiary/aromatic N) is 4. The van der Waals surface area contributed by atoms with Crippen molar-refractivity contribution in [2.45, 2.75) is 89.8 Å². The van der Waals surface area contributed by atoms with Crippen LogP contribution in [0.2, 0.25) is 0 Å². The van der Waals surface area contributed by atoms with E-state index in [9.17, 15) is 19.5 Å². The fourth-order valence-corrected chi connectivity index (χ4v) is 7.17. The second-order valence-corrected chi connectivity index (χ2v) is 11.3. The van der Waals surface area contributed by atoms with Crippen molar-refractivity contribution in [2.75, 3.05) is 13.2 Å². The van der Waals surface area contributed by atoms with Gasteiger partial charge in [-0.15, -0.1) is 5.10 Å². The van der Waals surface area contributed by atoms with E-state index >= 15 is 0 Å². The molecule has 4 heterocycles. The molecule has 7 atom stereocenters. The molecule has 2 bridgehead atoms. The lowest BCUT2D eigenvalue weighted by molar-refractivity contribution is -0.152. The van der Waals surface area contributed by atoms with Crippen LogP contribution in [0.5, 0.6) is 0 Å². The number of aromatic nitrogens is 3. The minimum Gasteiger partial charge on any atom is -0.394 e. The second-order valence-electron chi connectivity index (χ2n) is 11.3. The number of aliphatic hydroxyl groups is 1. The molecule has 1 aromatic carbocycles. The number of carbonyl (C=O) groups is 3. The highest BCUT2D eigenvalue weighted by atomic mass is 16.5. The van der Waals surface area contributed by atoms with Gasteiger partial charge in [0.05, 0.1) is 35.6 Å². The molecule has 11 heteroatoms. The lowest BCUT2D eigenvalue weighted by Crippen LogP contribution is -2.59. The predicted octanol–water partition coefficient (Wildman–Crippen LogP) is 1.59. The molecular weight excluding hydrogens is 500 g/mol. The fraction of sp³-hybridized carbons (Fsp3) is 0.679. The number of hydrogen-bond donors (Lipinski definition) is 3. The van der Waals surface area contributed by atoms with Gasteiger partial charge in [0.2, 0.25) is 17.7 Å². The van der Waals surface area contributed by atoms with Gasteiger partial charge in [-0.3, -0.25) is 14.4 Å². The molecular formula is C28H40N6O5. The third-order valence-electron chi connectivity index (χ3n) is 9.37. The van der Waals surface area contributed by atoms with E-state index in [1.54, 1.807) is 9.58 Å². The standard InChI is InChI=1S/C28H40N6O5/c1-5-14-29-24(36)21-22-26(38)34(20(15-35)17(4)6-2)23(28(22)13-12-27(21,7-3)39-28)25(37)30-16-33-19-11-9-8-10-18(19)31-32-33/h8-11,17,20-23,35H,5-7,12-16H2,1-4H3,(H,29,36)(H,30,37)/t17-,20-,21+,22-,23?,27-,28?/m0/s1. The molecule has 1 aromatic heterocycles. The van der Waals surface area contributed by atoms with Gasteiger partial charge in [-0.2, -0.15) is 0 Å². The van der Waals surface area contributed by atoms with Crippen molar-refractivity contribution < 1.29 is 24.2 Å². The third-order valence-corrected chi connectivity index (χ3v) is 9.37. The quantitative estimate of drug-likeness (QED) is 0.393. The maximum absolute atomic E-state index is 14.3. The SMILES string of the molecule is CCCNC(=O)[C@H]1[C@H]2C(=O)N([C@@H](CO)[C@@H](C)CC)C(C(=O)NCn3nnc4ccccc43)C23CC[C@]1(CC)O3.